The molecule has 3 rings (SSSR count). The smallest absolute Gasteiger partial charge is 0.244 e. The van der Waals surface area contributed by atoms with Crippen molar-refractivity contribution in [3.63, 3.8) is 0 Å². The Morgan fingerprint density at radius 1 is 1.08 bits per heavy atom. The van der Waals surface area contributed by atoms with Crippen molar-refractivity contribution in [1.29, 1.82) is 0 Å². The lowest BCUT2D eigenvalue weighted by atomic mass is 10.1. The number of allylic oxidation sites excluding steroid dienone is 1. The first-order valence-electron chi connectivity index (χ1n) is 7.73. The Bertz CT molecular complexity index is 754. The van der Waals surface area contributed by atoms with Gasteiger partial charge in [-0.25, -0.2) is 5.43 Å². The van der Waals surface area contributed by atoms with Gasteiger partial charge in [-0.15, -0.1) is 0 Å². The molecule has 0 saturated carbocycles. The van der Waals surface area contributed by atoms with Gasteiger partial charge in [0.1, 0.15) is 13.2 Å². The maximum atomic E-state index is 11.9. The van der Waals surface area contributed by atoms with E-state index in [4.69, 9.17) is 9.47 Å². The molecule has 0 spiro atoms. The van der Waals surface area contributed by atoms with Gasteiger partial charge in [-0.2, -0.15) is 5.10 Å². The molecule has 0 fully saturated rings. The van der Waals surface area contributed by atoms with E-state index in [1.165, 1.54) is 0 Å². The van der Waals surface area contributed by atoms with Crippen LogP contribution in [0.1, 0.15) is 11.1 Å². The van der Waals surface area contributed by atoms with Gasteiger partial charge < -0.3 is 9.47 Å². The minimum absolute atomic E-state index is 0.184. The molecule has 0 unspecified atom stereocenters. The Kier molecular flexibility index (Phi) is 5.24. The SMILES string of the molecule is O=C(Cc1ccc2c(c1)OCCO2)N/N=C/C=C/c1ccccc1. The Balaban J connectivity index is 1.49. The van der Waals surface area contributed by atoms with Gasteiger partial charge in [0, 0.05) is 6.21 Å². The zero-order valence-electron chi connectivity index (χ0n) is 13.1. The summed E-state index contributed by atoms with van der Waals surface area (Å²) >= 11 is 0. The highest BCUT2D eigenvalue weighted by Gasteiger charge is 2.12. The van der Waals surface area contributed by atoms with Gasteiger partial charge in [0.15, 0.2) is 11.5 Å². The number of hydrogen-bond acceptors (Lipinski definition) is 4. The van der Waals surface area contributed by atoms with Crippen LogP contribution in [0, 0.1) is 0 Å². The third-order valence-electron chi connectivity index (χ3n) is 3.41. The van der Waals surface area contributed by atoms with Gasteiger partial charge in [-0.05, 0) is 29.3 Å². The van der Waals surface area contributed by atoms with E-state index in [-0.39, 0.29) is 12.3 Å². The number of benzene rings is 2. The topological polar surface area (TPSA) is 59.9 Å². The molecule has 1 amide bonds. The Morgan fingerprint density at radius 3 is 2.71 bits per heavy atom. The first-order valence-corrected chi connectivity index (χ1v) is 7.73. The number of fused-ring (bicyclic) bond motifs is 1. The van der Waals surface area contributed by atoms with E-state index in [2.05, 4.69) is 10.5 Å². The number of carbonyl (C=O) groups is 1. The van der Waals surface area contributed by atoms with Gasteiger partial charge in [0.25, 0.3) is 0 Å². The van der Waals surface area contributed by atoms with E-state index in [9.17, 15) is 4.79 Å². The molecule has 1 N–H and O–H groups in total. The minimum atomic E-state index is -0.184. The molecule has 1 aliphatic heterocycles. The number of hydrogen-bond donors (Lipinski definition) is 1. The predicted molar refractivity (Wildman–Crippen MR) is 93.2 cm³/mol. The van der Waals surface area contributed by atoms with Crippen LogP contribution in [0.25, 0.3) is 6.08 Å². The van der Waals surface area contributed by atoms with Crippen LogP contribution >= 0.6 is 0 Å². The lowest BCUT2D eigenvalue weighted by Crippen LogP contribution is -2.20. The normalized spacial score (nSPS) is 13.3. The van der Waals surface area contributed by atoms with Crippen LogP contribution in [0.2, 0.25) is 0 Å². The number of carbonyl (C=O) groups excluding carboxylic acids is 1. The molecule has 5 heteroatoms. The summed E-state index contributed by atoms with van der Waals surface area (Å²) in [5, 5.41) is 3.90. The molecule has 1 heterocycles. The molecule has 0 saturated heterocycles. The summed E-state index contributed by atoms with van der Waals surface area (Å²) in [7, 11) is 0. The van der Waals surface area contributed by atoms with Crippen LogP contribution in [-0.2, 0) is 11.2 Å². The number of nitrogens with zero attached hydrogens (tertiary/aromatic N) is 1. The predicted octanol–water partition coefficient (Wildman–Crippen LogP) is 2.82. The van der Waals surface area contributed by atoms with E-state index >= 15 is 0 Å². The average molecular weight is 322 g/mol. The lowest BCUT2D eigenvalue weighted by molar-refractivity contribution is -0.120. The second-order valence-electron chi connectivity index (χ2n) is 5.24. The van der Waals surface area contributed by atoms with Gasteiger partial charge in [-0.1, -0.05) is 42.5 Å². The van der Waals surface area contributed by atoms with Crippen molar-refractivity contribution in [2.24, 2.45) is 5.10 Å². The van der Waals surface area contributed by atoms with Gasteiger partial charge in [0.05, 0.1) is 6.42 Å². The zero-order chi connectivity index (χ0) is 16.6. The summed E-state index contributed by atoms with van der Waals surface area (Å²) in [6, 6.07) is 15.4. The zero-order valence-corrected chi connectivity index (χ0v) is 13.1. The molecule has 0 bridgehead atoms. The number of hydrazone groups is 1. The molecule has 5 nitrogen and oxygen atoms in total. The minimum Gasteiger partial charge on any atom is -0.486 e. The van der Waals surface area contributed by atoms with Gasteiger partial charge in [-0.3, -0.25) is 4.79 Å². The molecule has 0 radical (unpaired) electrons. The van der Waals surface area contributed by atoms with Gasteiger partial charge in [0.2, 0.25) is 5.91 Å². The van der Waals surface area contributed by atoms with Crippen molar-refractivity contribution in [1.82, 2.24) is 5.43 Å². The molecular weight excluding hydrogens is 304 g/mol. The van der Waals surface area contributed by atoms with Crippen LogP contribution in [0.3, 0.4) is 0 Å². The fourth-order valence-electron chi connectivity index (χ4n) is 2.29. The van der Waals surface area contributed by atoms with Crippen molar-refractivity contribution < 1.29 is 14.3 Å². The van der Waals surface area contributed by atoms with Crippen molar-refractivity contribution in [2.75, 3.05) is 13.2 Å². The van der Waals surface area contributed by atoms with Crippen molar-refractivity contribution in [3.05, 3.63) is 65.7 Å². The highest BCUT2D eigenvalue weighted by molar-refractivity contribution is 5.82. The summed E-state index contributed by atoms with van der Waals surface area (Å²) in [5.74, 6) is 1.21. The Labute approximate surface area is 140 Å². The van der Waals surface area contributed by atoms with Crippen LogP contribution in [0.15, 0.2) is 59.7 Å². The summed E-state index contributed by atoms with van der Waals surface area (Å²) < 4.78 is 11.0. The summed E-state index contributed by atoms with van der Waals surface area (Å²) in [4.78, 5) is 11.9. The maximum Gasteiger partial charge on any atom is 0.244 e. The fraction of sp³-hybridized carbons (Fsp3) is 0.158. The quantitative estimate of drug-likeness (QED) is 0.680. The largest absolute Gasteiger partial charge is 0.486 e. The molecule has 1 aliphatic rings. The highest BCUT2D eigenvalue weighted by atomic mass is 16.6. The molecule has 2 aromatic carbocycles. The van der Waals surface area contributed by atoms with E-state index in [1.54, 1.807) is 12.3 Å². The molecule has 0 aliphatic carbocycles. The van der Waals surface area contributed by atoms with Crippen LogP contribution in [0.4, 0.5) is 0 Å². The Morgan fingerprint density at radius 2 is 1.88 bits per heavy atom. The first-order chi connectivity index (χ1) is 11.8. The van der Waals surface area contributed by atoms with Crippen molar-refractivity contribution >= 4 is 18.2 Å². The average Bonchev–Trinajstić information content (AvgIpc) is 2.62. The van der Waals surface area contributed by atoms with Crippen molar-refractivity contribution in [3.8, 4) is 11.5 Å². The molecule has 0 aromatic heterocycles. The summed E-state index contributed by atoms with van der Waals surface area (Å²) in [5.41, 5.74) is 4.43. The molecular formula is C19H18N2O3. The second kappa shape index (κ2) is 7.97. The fourth-order valence-corrected chi connectivity index (χ4v) is 2.29. The number of ether oxygens (including phenoxy) is 2. The van der Waals surface area contributed by atoms with E-state index in [1.807, 2.05) is 54.6 Å². The Hall–Kier alpha value is -3.08. The number of amides is 1. The molecule has 2 aromatic rings. The molecule has 24 heavy (non-hydrogen) atoms. The van der Waals surface area contributed by atoms with Gasteiger partial charge >= 0.3 is 0 Å². The monoisotopic (exact) mass is 322 g/mol. The third kappa shape index (κ3) is 4.46. The summed E-state index contributed by atoms with van der Waals surface area (Å²) in [6.07, 6.45) is 5.47. The number of rotatable bonds is 5. The van der Waals surface area contributed by atoms with Crippen LogP contribution in [-0.4, -0.2) is 25.3 Å². The third-order valence-corrected chi connectivity index (χ3v) is 3.41. The van der Waals surface area contributed by atoms with E-state index in [0.717, 1.165) is 16.9 Å². The van der Waals surface area contributed by atoms with E-state index in [0.29, 0.717) is 19.0 Å². The van der Waals surface area contributed by atoms with Crippen LogP contribution < -0.4 is 14.9 Å². The van der Waals surface area contributed by atoms with Crippen LogP contribution in [0.5, 0.6) is 11.5 Å². The summed E-state index contributed by atoms with van der Waals surface area (Å²) in [6.45, 7) is 1.08. The molecule has 0 atom stereocenters. The lowest BCUT2D eigenvalue weighted by Gasteiger charge is -2.18. The second-order valence-corrected chi connectivity index (χ2v) is 5.24. The number of nitrogens with one attached hydrogen (secondary N) is 1. The van der Waals surface area contributed by atoms with E-state index < -0.39 is 0 Å². The first kappa shape index (κ1) is 15.8. The van der Waals surface area contributed by atoms with Crippen molar-refractivity contribution in [2.45, 2.75) is 6.42 Å². The highest BCUT2D eigenvalue weighted by Crippen LogP contribution is 2.30. The maximum absolute atomic E-state index is 11.9. The molecule has 122 valence electrons. The standard InChI is InChI=1S/C19H18N2O3/c22-19(21-20-10-4-7-15-5-2-1-3-6-15)14-16-8-9-17-18(13-16)24-12-11-23-17/h1-10,13H,11-12,14H2,(H,21,22)/b7-4+,20-10+.